The molecular weight excluding hydrogens is 317 g/mol. The average Bonchev–Trinajstić information content (AvgIpc) is 2.77. The highest BCUT2D eigenvalue weighted by Gasteiger charge is 2.10. The second-order valence-corrected chi connectivity index (χ2v) is 3.83. The highest BCUT2D eigenvalue weighted by Crippen LogP contribution is 1.96. The van der Waals surface area contributed by atoms with Crippen LogP contribution < -0.4 is 5.32 Å². The van der Waals surface area contributed by atoms with Crippen LogP contribution in [0.2, 0.25) is 0 Å². The highest BCUT2D eigenvalue weighted by atomic mass is 127. The van der Waals surface area contributed by atoms with Gasteiger partial charge >= 0.3 is 0 Å². The number of rotatable bonds is 3. The quantitative estimate of drug-likeness (QED) is 0.828. The lowest BCUT2D eigenvalue weighted by molar-refractivity contribution is 0.522. The van der Waals surface area contributed by atoms with Crippen LogP contribution in [-0.4, -0.2) is 47.3 Å². The third-order valence-electron chi connectivity index (χ3n) is 2.44. The van der Waals surface area contributed by atoms with E-state index in [2.05, 4.69) is 27.4 Å². The van der Waals surface area contributed by atoms with Crippen molar-refractivity contribution in [3.05, 3.63) is 18.0 Å². The fourth-order valence-electron chi connectivity index (χ4n) is 1.59. The van der Waals surface area contributed by atoms with E-state index in [0.29, 0.717) is 0 Å². The number of nitrogens with one attached hydrogen (secondary N) is 1. The van der Waals surface area contributed by atoms with Crippen molar-refractivity contribution in [1.82, 2.24) is 20.0 Å². The Labute approximate surface area is 113 Å². The van der Waals surface area contributed by atoms with Crippen molar-refractivity contribution in [1.29, 1.82) is 0 Å². The van der Waals surface area contributed by atoms with Gasteiger partial charge in [-0.15, -0.1) is 24.0 Å². The van der Waals surface area contributed by atoms with Crippen LogP contribution in [0.4, 0.5) is 0 Å². The molecule has 0 amide bonds. The molecular formula is C10H18IN5. The fraction of sp³-hybridized carbons (Fsp3) is 0.600. The first kappa shape index (κ1) is 13.3. The van der Waals surface area contributed by atoms with Gasteiger partial charge < -0.3 is 10.2 Å². The lowest BCUT2D eigenvalue weighted by Gasteiger charge is -2.14. The standard InChI is InChI=1S/C10H17N5.HI/c1-9-7-13-15(8-9)6-4-12-10-11-3-5-14(10)2;/h7-8H,3-6H2,1-2H3,(H,11,12);1H. The number of likely N-dealkylation sites (N-methyl/N-ethyl adjacent to an activating group) is 1. The molecule has 1 aliphatic rings. The van der Waals surface area contributed by atoms with Crippen molar-refractivity contribution in [2.24, 2.45) is 4.99 Å². The van der Waals surface area contributed by atoms with Crippen molar-refractivity contribution < 1.29 is 0 Å². The molecule has 1 N–H and O–H groups in total. The second-order valence-electron chi connectivity index (χ2n) is 3.83. The molecule has 2 heterocycles. The summed E-state index contributed by atoms with van der Waals surface area (Å²) in [6, 6.07) is 0. The van der Waals surface area contributed by atoms with Crippen LogP contribution in [0.15, 0.2) is 17.4 Å². The molecule has 0 saturated carbocycles. The average molecular weight is 335 g/mol. The van der Waals surface area contributed by atoms with E-state index in [1.165, 1.54) is 5.56 Å². The molecule has 0 saturated heterocycles. The van der Waals surface area contributed by atoms with E-state index in [1.807, 2.05) is 24.0 Å². The van der Waals surface area contributed by atoms with Gasteiger partial charge in [0.1, 0.15) is 0 Å². The van der Waals surface area contributed by atoms with E-state index < -0.39 is 0 Å². The van der Waals surface area contributed by atoms with E-state index in [0.717, 1.165) is 32.1 Å². The summed E-state index contributed by atoms with van der Waals surface area (Å²) in [5.41, 5.74) is 1.20. The lowest BCUT2D eigenvalue weighted by atomic mass is 10.4. The third-order valence-corrected chi connectivity index (χ3v) is 2.44. The molecule has 0 radical (unpaired) electrons. The van der Waals surface area contributed by atoms with Crippen molar-refractivity contribution in [2.75, 3.05) is 26.7 Å². The minimum absolute atomic E-state index is 0. The number of aryl methyl sites for hydroxylation is 1. The Balaban J connectivity index is 0.00000128. The summed E-state index contributed by atoms with van der Waals surface area (Å²) in [5, 5.41) is 7.53. The van der Waals surface area contributed by atoms with Crippen LogP contribution >= 0.6 is 24.0 Å². The fourth-order valence-corrected chi connectivity index (χ4v) is 1.59. The Morgan fingerprint density at radius 2 is 2.31 bits per heavy atom. The number of aliphatic imine (C=N–C) groups is 1. The van der Waals surface area contributed by atoms with Gasteiger partial charge in [-0.25, -0.2) is 0 Å². The molecule has 2 rings (SSSR count). The predicted molar refractivity (Wildman–Crippen MR) is 75.3 cm³/mol. The number of halogens is 1. The van der Waals surface area contributed by atoms with E-state index in [-0.39, 0.29) is 24.0 Å². The smallest absolute Gasteiger partial charge is 0.193 e. The number of guanidine groups is 1. The molecule has 0 aromatic carbocycles. The van der Waals surface area contributed by atoms with Gasteiger partial charge in [-0.05, 0) is 12.5 Å². The summed E-state index contributed by atoms with van der Waals surface area (Å²) < 4.78 is 1.94. The van der Waals surface area contributed by atoms with Gasteiger partial charge in [-0.2, -0.15) is 5.10 Å². The Bertz CT molecular complexity index is 360. The molecule has 0 unspecified atom stereocenters. The molecule has 6 heteroatoms. The van der Waals surface area contributed by atoms with E-state index in [1.54, 1.807) is 0 Å². The van der Waals surface area contributed by atoms with Crippen LogP contribution in [-0.2, 0) is 6.54 Å². The molecule has 1 aromatic rings. The summed E-state index contributed by atoms with van der Waals surface area (Å²) in [7, 11) is 2.05. The van der Waals surface area contributed by atoms with Gasteiger partial charge in [0, 0.05) is 26.3 Å². The second kappa shape index (κ2) is 6.07. The number of nitrogens with zero attached hydrogens (tertiary/aromatic N) is 4. The van der Waals surface area contributed by atoms with Gasteiger partial charge in [-0.3, -0.25) is 9.67 Å². The Morgan fingerprint density at radius 1 is 1.50 bits per heavy atom. The molecule has 0 aliphatic carbocycles. The molecule has 0 spiro atoms. The van der Waals surface area contributed by atoms with Crippen molar-refractivity contribution in [2.45, 2.75) is 13.5 Å². The van der Waals surface area contributed by atoms with Gasteiger partial charge in [-0.1, -0.05) is 0 Å². The zero-order valence-electron chi connectivity index (χ0n) is 9.68. The molecule has 16 heavy (non-hydrogen) atoms. The summed E-state index contributed by atoms with van der Waals surface area (Å²) in [6.45, 7) is 5.71. The van der Waals surface area contributed by atoms with Crippen LogP contribution in [0.5, 0.6) is 0 Å². The Morgan fingerprint density at radius 3 is 2.88 bits per heavy atom. The molecule has 1 aliphatic heterocycles. The Hall–Kier alpha value is -0.790. The predicted octanol–water partition coefficient (Wildman–Crippen LogP) is 0.701. The summed E-state index contributed by atoms with van der Waals surface area (Å²) in [5.74, 6) is 0.999. The highest BCUT2D eigenvalue weighted by molar-refractivity contribution is 14.0. The maximum Gasteiger partial charge on any atom is 0.193 e. The molecule has 0 atom stereocenters. The van der Waals surface area contributed by atoms with Gasteiger partial charge in [0.05, 0.1) is 19.3 Å². The maximum absolute atomic E-state index is 4.35. The van der Waals surface area contributed by atoms with Crippen molar-refractivity contribution in [3.8, 4) is 0 Å². The lowest BCUT2D eigenvalue weighted by Crippen LogP contribution is -2.37. The van der Waals surface area contributed by atoms with Gasteiger partial charge in [0.2, 0.25) is 0 Å². The number of hydrogen-bond donors (Lipinski definition) is 1. The first-order chi connectivity index (χ1) is 7.25. The number of hydrogen-bond acceptors (Lipinski definition) is 4. The first-order valence-corrected chi connectivity index (χ1v) is 5.24. The first-order valence-electron chi connectivity index (χ1n) is 5.24. The zero-order chi connectivity index (χ0) is 10.7. The SMILES string of the molecule is Cc1cnn(CCNC2=NCCN2C)c1.I. The van der Waals surface area contributed by atoms with Crippen molar-refractivity contribution in [3.63, 3.8) is 0 Å². The summed E-state index contributed by atoms with van der Waals surface area (Å²) in [4.78, 5) is 6.49. The van der Waals surface area contributed by atoms with E-state index in [9.17, 15) is 0 Å². The van der Waals surface area contributed by atoms with Crippen LogP contribution in [0.1, 0.15) is 5.56 Å². The molecule has 0 fully saturated rings. The number of aromatic nitrogens is 2. The summed E-state index contributed by atoms with van der Waals surface area (Å²) in [6.07, 6.45) is 3.92. The molecule has 5 nitrogen and oxygen atoms in total. The largest absolute Gasteiger partial charge is 0.354 e. The maximum atomic E-state index is 4.35. The molecule has 90 valence electrons. The third kappa shape index (κ3) is 3.36. The van der Waals surface area contributed by atoms with Crippen LogP contribution in [0.25, 0.3) is 0 Å². The normalized spacial score (nSPS) is 14.6. The van der Waals surface area contributed by atoms with E-state index in [4.69, 9.17) is 0 Å². The monoisotopic (exact) mass is 335 g/mol. The Kier molecular flexibility index (Phi) is 5.04. The zero-order valence-corrected chi connectivity index (χ0v) is 12.0. The topological polar surface area (TPSA) is 45.5 Å². The van der Waals surface area contributed by atoms with Crippen LogP contribution in [0.3, 0.4) is 0 Å². The van der Waals surface area contributed by atoms with E-state index >= 15 is 0 Å². The molecule has 0 bridgehead atoms. The minimum atomic E-state index is 0. The van der Waals surface area contributed by atoms with Gasteiger partial charge in [0.25, 0.3) is 0 Å². The van der Waals surface area contributed by atoms with Gasteiger partial charge in [0.15, 0.2) is 5.96 Å². The summed E-state index contributed by atoms with van der Waals surface area (Å²) >= 11 is 0. The molecule has 1 aromatic heterocycles. The minimum Gasteiger partial charge on any atom is -0.354 e. The van der Waals surface area contributed by atoms with Crippen molar-refractivity contribution >= 4 is 29.9 Å². The van der Waals surface area contributed by atoms with Crippen LogP contribution in [0, 0.1) is 6.92 Å².